The number of nitro benzene ring substituents is 1. The Hall–Kier alpha value is -4.80. The maximum Gasteiger partial charge on any atom is 0.338 e. The molecule has 0 saturated carbocycles. The fraction of sp³-hybridized carbons (Fsp3) is 0.375. The van der Waals surface area contributed by atoms with Gasteiger partial charge in [0.05, 0.1) is 53.9 Å². The topological polar surface area (TPSA) is 139 Å². The quantitative estimate of drug-likeness (QED) is 0.0474. The lowest BCUT2D eigenvalue weighted by Crippen LogP contribution is -2.10. The zero-order valence-electron chi connectivity index (χ0n) is 24.5. The van der Waals surface area contributed by atoms with Crippen molar-refractivity contribution in [3.63, 3.8) is 0 Å². The van der Waals surface area contributed by atoms with Crippen LogP contribution in [-0.4, -0.2) is 43.3 Å². The lowest BCUT2D eigenvalue weighted by molar-refractivity contribution is -0.384. The number of ether oxygens (including phenoxy) is 4. The summed E-state index contributed by atoms with van der Waals surface area (Å²) >= 11 is 0. The van der Waals surface area contributed by atoms with Crippen molar-refractivity contribution in [2.45, 2.75) is 52.4 Å². The van der Waals surface area contributed by atoms with E-state index in [9.17, 15) is 19.7 Å². The van der Waals surface area contributed by atoms with E-state index >= 15 is 0 Å². The molecule has 3 aromatic rings. The molecule has 0 N–H and O–H groups in total. The first-order valence-electron chi connectivity index (χ1n) is 14.4. The fourth-order valence-electron chi connectivity index (χ4n) is 4.00. The van der Waals surface area contributed by atoms with E-state index in [0.717, 1.165) is 44.3 Å². The Morgan fingerprint density at radius 3 is 1.56 bits per heavy atom. The summed E-state index contributed by atoms with van der Waals surface area (Å²) in [4.78, 5) is 34.6. The van der Waals surface area contributed by atoms with Crippen molar-refractivity contribution in [3.05, 3.63) is 88.0 Å². The van der Waals surface area contributed by atoms with Crippen LogP contribution < -0.4 is 9.47 Å². The number of azo groups is 1. The Balaban J connectivity index is 1.29. The number of esters is 2. The standard InChI is InChI=1S/C32H37N3O8/c1-3-40-31(36)24-21-25(32(37)41-4-2)23-30(22-24)43-20-10-8-6-5-7-9-19-42-29-17-13-27(14-18-29)34-33-26-11-15-28(16-12-26)35(38)39/h11-18,21-23H,3-10,19-20H2,1-2H3. The molecule has 0 fully saturated rings. The van der Waals surface area contributed by atoms with Gasteiger partial charge in [-0.3, -0.25) is 10.1 Å². The number of nitro groups is 1. The molecule has 0 atom stereocenters. The molecule has 0 radical (unpaired) electrons. The molecular formula is C32H37N3O8. The van der Waals surface area contributed by atoms with Gasteiger partial charge in [-0.1, -0.05) is 25.7 Å². The molecule has 11 nitrogen and oxygen atoms in total. The van der Waals surface area contributed by atoms with Gasteiger partial charge in [0.25, 0.3) is 5.69 Å². The van der Waals surface area contributed by atoms with E-state index in [4.69, 9.17) is 18.9 Å². The summed E-state index contributed by atoms with van der Waals surface area (Å²) in [6.45, 7) is 5.01. The van der Waals surface area contributed by atoms with E-state index in [1.807, 2.05) is 12.1 Å². The molecular weight excluding hydrogens is 554 g/mol. The molecule has 0 amide bonds. The second-order valence-corrected chi connectivity index (χ2v) is 9.47. The van der Waals surface area contributed by atoms with Gasteiger partial charge >= 0.3 is 11.9 Å². The van der Waals surface area contributed by atoms with Crippen molar-refractivity contribution >= 4 is 29.0 Å². The third kappa shape index (κ3) is 11.5. The molecule has 11 heteroatoms. The first-order valence-corrected chi connectivity index (χ1v) is 14.4. The second kappa shape index (κ2) is 17.9. The third-order valence-electron chi connectivity index (χ3n) is 6.18. The molecule has 3 rings (SSSR count). The maximum absolute atomic E-state index is 12.2. The van der Waals surface area contributed by atoms with Crippen LogP contribution in [0.4, 0.5) is 17.1 Å². The minimum Gasteiger partial charge on any atom is -0.494 e. The predicted octanol–water partition coefficient (Wildman–Crippen LogP) is 8.16. The molecule has 0 aromatic heterocycles. The van der Waals surface area contributed by atoms with Gasteiger partial charge < -0.3 is 18.9 Å². The molecule has 0 saturated heterocycles. The highest BCUT2D eigenvalue weighted by Gasteiger charge is 2.15. The first-order chi connectivity index (χ1) is 20.9. The van der Waals surface area contributed by atoms with Gasteiger partial charge in [0.2, 0.25) is 0 Å². The van der Waals surface area contributed by atoms with E-state index in [0.29, 0.717) is 30.3 Å². The summed E-state index contributed by atoms with van der Waals surface area (Å²) in [5.74, 6) is 0.168. The van der Waals surface area contributed by atoms with Crippen LogP contribution in [0.3, 0.4) is 0 Å². The Labute approximate surface area is 251 Å². The fourth-order valence-corrected chi connectivity index (χ4v) is 4.00. The SMILES string of the molecule is CCOC(=O)c1cc(OCCCCCCCCOc2ccc(N=Nc3ccc([N+](=O)[O-])cc3)cc2)cc(C(=O)OCC)c1. The monoisotopic (exact) mass is 591 g/mol. The highest BCUT2D eigenvalue weighted by Crippen LogP contribution is 2.24. The van der Waals surface area contributed by atoms with Gasteiger partial charge in [0.15, 0.2) is 0 Å². The lowest BCUT2D eigenvalue weighted by Gasteiger charge is -2.11. The van der Waals surface area contributed by atoms with Crippen LogP contribution in [0.2, 0.25) is 0 Å². The predicted molar refractivity (Wildman–Crippen MR) is 161 cm³/mol. The van der Waals surface area contributed by atoms with Crippen molar-refractivity contribution < 1.29 is 33.5 Å². The molecule has 0 heterocycles. The normalized spacial score (nSPS) is 10.8. The zero-order chi connectivity index (χ0) is 30.9. The minimum absolute atomic E-state index is 0.00928. The van der Waals surface area contributed by atoms with Gasteiger partial charge in [-0.2, -0.15) is 10.2 Å². The van der Waals surface area contributed by atoms with Crippen molar-refractivity contribution in [2.75, 3.05) is 26.4 Å². The zero-order valence-corrected chi connectivity index (χ0v) is 24.5. The van der Waals surface area contributed by atoms with Crippen LogP contribution in [0.15, 0.2) is 77.0 Å². The molecule has 228 valence electrons. The number of nitrogens with zero attached hydrogens (tertiary/aromatic N) is 3. The van der Waals surface area contributed by atoms with E-state index < -0.39 is 16.9 Å². The van der Waals surface area contributed by atoms with Crippen LogP contribution in [-0.2, 0) is 9.47 Å². The van der Waals surface area contributed by atoms with Crippen molar-refractivity contribution in [3.8, 4) is 11.5 Å². The Kier molecular flexibility index (Phi) is 13.6. The number of unbranched alkanes of at least 4 members (excludes halogenated alkanes) is 5. The largest absolute Gasteiger partial charge is 0.494 e. The van der Waals surface area contributed by atoms with Crippen LogP contribution in [0.5, 0.6) is 11.5 Å². The van der Waals surface area contributed by atoms with E-state index in [1.165, 1.54) is 18.2 Å². The van der Waals surface area contributed by atoms with Crippen LogP contribution >= 0.6 is 0 Å². The smallest absolute Gasteiger partial charge is 0.338 e. The highest BCUT2D eigenvalue weighted by atomic mass is 16.6. The lowest BCUT2D eigenvalue weighted by atomic mass is 10.1. The molecule has 0 aliphatic rings. The number of benzene rings is 3. The van der Waals surface area contributed by atoms with Crippen LogP contribution in [0.25, 0.3) is 0 Å². The van der Waals surface area contributed by atoms with Gasteiger partial charge in [-0.15, -0.1) is 0 Å². The molecule has 0 aliphatic heterocycles. The third-order valence-corrected chi connectivity index (χ3v) is 6.18. The summed E-state index contributed by atoms with van der Waals surface area (Å²) in [7, 11) is 0. The number of carbonyl (C=O) groups is 2. The summed E-state index contributed by atoms with van der Waals surface area (Å²) < 4.78 is 21.8. The number of carbonyl (C=O) groups excluding carboxylic acids is 2. The number of rotatable bonds is 18. The molecule has 0 unspecified atom stereocenters. The Morgan fingerprint density at radius 1 is 0.651 bits per heavy atom. The molecule has 43 heavy (non-hydrogen) atoms. The number of hydrogen-bond acceptors (Lipinski definition) is 10. The first kappa shape index (κ1) is 32.7. The average molecular weight is 592 g/mol. The summed E-state index contributed by atoms with van der Waals surface area (Å²) in [6, 6.07) is 17.8. The average Bonchev–Trinajstić information content (AvgIpc) is 3.01. The van der Waals surface area contributed by atoms with Crippen molar-refractivity contribution in [1.82, 2.24) is 0 Å². The maximum atomic E-state index is 12.2. The minimum atomic E-state index is -0.511. The second-order valence-electron chi connectivity index (χ2n) is 9.47. The summed E-state index contributed by atoms with van der Waals surface area (Å²) in [6.07, 6.45) is 5.98. The van der Waals surface area contributed by atoms with Gasteiger partial charge in [0, 0.05) is 12.1 Å². The van der Waals surface area contributed by atoms with Crippen LogP contribution in [0.1, 0.15) is 73.1 Å². The Bertz CT molecular complexity index is 1320. The number of hydrogen-bond donors (Lipinski definition) is 0. The van der Waals surface area contributed by atoms with Gasteiger partial charge in [-0.25, -0.2) is 9.59 Å². The Morgan fingerprint density at radius 2 is 1.09 bits per heavy atom. The van der Waals surface area contributed by atoms with E-state index in [2.05, 4.69) is 10.2 Å². The molecule has 0 bridgehead atoms. The van der Waals surface area contributed by atoms with Crippen molar-refractivity contribution in [2.24, 2.45) is 10.2 Å². The van der Waals surface area contributed by atoms with E-state index in [1.54, 1.807) is 50.2 Å². The summed E-state index contributed by atoms with van der Waals surface area (Å²) in [5, 5.41) is 19.0. The summed E-state index contributed by atoms with van der Waals surface area (Å²) in [5.41, 5.74) is 1.70. The van der Waals surface area contributed by atoms with Gasteiger partial charge in [-0.05, 0) is 81.3 Å². The van der Waals surface area contributed by atoms with Crippen LogP contribution in [0, 0.1) is 10.1 Å². The highest BCUT2D eigenvalue weighted by molar-refractivity contribution is 5.96. The molecule has 0 spiro atoms. The van der Waals surface area contributed by atoms with Crippen molar-refractivity contribution in [1.29, 1.82) is 0 Å². The van der Waals surface area contributed by atoms with Gasteiger partial charge in [0.1, 0.15) is 11.5 Å². The molecule has 0 aliphatic carbocycles. The van der Waals surface area contributed by atoms with E-state index in [-0.39, 0.29) is 30.0 Å². The number of non-ortho nitro benzene ring substituents is 1. The molecule has 3 aromatic carbocycles.